The summed E-state index contributed by atoms with van der Waals surface area (Å²) in [6.45, 7) is 3.15. The summed E-state index contributed by atoms with van der Waals surface area (Å²) in [5.41, 5.74) is 1.97. The Morgan fingerprint density at radius 2 is 1.96 bits per heavy atom. The Morgan fingerprint density at radius 3 is 2.70 bits per heavy atom. The highest BCUT2D eigenvalue weighted by molar-refractivity contribution is 6.35. The maximum absolute atomic E-state index is 12.6. The summed E-state index contributed by atoms with van der Waals surface area (Å²) in [7, 11) is 0. The van der Waals surface area contributed by atoms with E-state index in [1.807, 2.05) is 31.2 Å². The van der Waals surface area contributed by atoms with Gasteiger partial charge < -0.3 is 14.4 Å². The van der Waals surface area contributed by atoms with E-state index in [0.29, 0.717) is 15.8 Å². The molecule has 3 rings (SSSR count). The smallest absolute Gasteiger partial charge is 0.347 e. The first-order chi connectivity index (χ1) is 12.9. The molecule has 0 fully saturated rings. The van der Waals surface area contributed by atoms with E-state index in [9.17, 15) is 9.59 Å². The predicted molar refractivity (Wildman–Crippen MR) is 105 cm³/mol. The lowest BCUT2D eigenvalue weighted by Crippen LogP contribution is -2.39. The molecule has 0 N–H and O–H groups in total. The van der Waals surface area contributed by atoms with Crippen LogP contribution in [-0.4, -0.2) is 30.6 Å². The van der Waals surface area contributed by atoms with E-state index in [1.54, 1.807) is 17.0 Å². The Kier molecular flexibility index (Phi) is 5.92. The van der Waals surface area contributed by atoms with Gasteiger partial charge in [0.2, 0.25) is 0 Å². The van der Waals surface area contributed by atoms with Crippen LogP contribution < -0.4 is 9.64 Å². The van der Waals surface area contributed by atoms with Gasteiger partial charge >= 0.3 is 5.97 Å². The Balaban J connectivity index is 1.58. The third kappa shape index (κ3) is 4.37. The molecule has 0 spiro atoms. The molecule has 1 aliphatic heterocycles. The second-order valence-electron chi connectivity index (χ2n) is 6.39. The molecule has 27 heavy (non-hydrogen) atoms. The van der Waals surface area contributed by atoms with Gasteiger partial charge in [0.15, 0.2) is 12.7 Å². The maximum atomic E-state index is 12.6. The van der Waals surface area contributed by atoms with Crippen LogP contribution in [0.3, 0.4) is 0 Å². The monoisotopic (exact) mass is 407 g/mol. The summed E-state index contributed by atoms with van der Waals surface area (Å²) in [5, 5.41) is 0.758. The third-order valence-electron chi connectivity index (χ3n) is 4.34. The zero-order chi connectivity index (χ0) is 19.6. The van der Waals surface area contributed by atoms with Crippen LogP contribution in [0.25, 0.3) is 0 Å². The minimum Gasteiger partial charge on any atom is -0.477 e. The van der Waals surface area contributed by atoms with Crippen LogP contribution in [-0.2, 0) is 20.7 Å². The summed E-state index contributed by atoms with van der Waals surface area (Å²) in [4.78, 5) is 26.4. The van der Waals surface area contributed by atoms with Gasteiger partial charge in [0.1, 0.15) is 5.75 Å². The highest BCUT2D eigenvalue weighted by Gasteiger charge is 2.31. The van der Waals surface area contributed by atoms with Crippen LogP contribution in [0.15, 0.2) is 42.5 Å². The molecule has 142 valence electrons. The number of carbonyl (C=O) groups excluding carboxylic acids is 2. The molecule has 0 saturated carbocycles. The number of hydrogen-bond acceptors (Lipinski definition) is 4. The van der Waals surface area contributed by atoms with Crippen LogP contribution in [0.1, 0.15) is 19.4 Å². The number of rotatable bonds is 5. The minimum atomic E-state index is -0.917. The summed E-state index contributed by atoms with van der Waals surface area (Å²) in [6, 6.07) is 12.4. The van der Waals surface area contributed by atoms with Gasteiger partial charge in [0.05, 0.1) is 5.02 Å². The van der Waals surface area contributed by atoms with Crippen LogP contribution in [0.2, 0.25) is 10.0 Å². The quantitative estimate of drug-likeness (QED) is 0.693. The van der Waals surface area contributed by atoms with Gasteiger partial charge in [-0.05, 0) is 50.1 Å². The molecule has 7 heteroatoms. The van der Waals surface area contributed by atoms with Crippen molar-refractivity contribution in [3.63, 3.8) is 0 Å². The topological polar surface area (TPSA) is 55.8 Å². The van der Waals surface area contributed by atoms with Crippen LogP contribution in [0.4, 0.5) is 5.69 Å². The first-order valence-corrected chi connectivity index (χ1v) is 9.30. The molecule has 0 bridgehead atoms. The molecule has 0 aliphatic carbocycles. The zero-order valence-corrected chi connectivity index (χ0v) is 16.5. The number of amides is 1. The zero-order valence-electron chi connectivity index (χ0n) is 14.9. The Labute approximate surface area is 167 Å². The van der Waals surface area contributed by atoms with Crippen molar-refractivity contribution < 1.29 is 19.1 Å². The van der Waals surface area contributed by atoms with Crippen LogP contribution in [0.5, 0.6) is 5.75 Å². The molecule has 1 amide bonds. The Bertz CT molecular complexity index is 871. The van der Waals surface area contributed by atoms with Crippen molar-refractivity contribution in [3.05, 3.63) is 58.1 Å². The van der Waals surface area contributed by atoms with Gasteiger partial charge in [-0.3, -0.25) is 4.79 Å². The van der Waals surface area contributed by atoms with E-state index in [4.69, 9.17) is 32.7 Å². The highest BCUT2D eigenvalue weighted by Crippen LogP contribution is 2.32. The molecular formula is C20H19Cl2NO4. The van der Waals surface area contributed by atoms with Gasteiger partial charge in [0.25, 0.3) is 5.91 Å². The Hall–Kier alpha value is -2.24. The molecule has 0 radical (unpaired) electrons. The minimum absolute atomic E-state index is 0.0233. The van der Waals surface area contributed by atoms with Crippen LogP contribution in [0, 0.1) is 0 Å². The second kappa shape index (κ2) is 8.19. The fourth-order valence-corrected chi connectivity index (χ4v) is 3.53. The van der Waals surface area contributed by atoms with Crippen molar-refractivity contribution in [1.82, 2.24) is 0 Å². The van der Waals surface area contributed by atoms with Crippen molar-refractivity contribution in [1.29, 1.82) is 0 Å². The molecule has 2 aromatic rings. The largest absolute Gasteiger partial charge is 0.477 e. The van der Waals surface area contributed by atoms with Crippen molar-refractivity contribution in [2.24, 2.45) is 0 Å². The molecule has 0 saturated heterocycles. The summed E-state index contributed by atoms with van der Waals surface area (Å²) < 4.78 is 10.7. The van der Waals surface area contributed by atoms with E-state index in [-0.39, 0.29) is 18.6 Å². The molecule has 1 heterocycles. The van der Waals surface area contributed by atoms with Crippen molar-refractivity contribution in [2.75, 3.05) is 11.5 Å². The van der Waals surface area contributed by atoms with Gasteiger partial charge in [-0.1, -0.05) is 41.4 Å². The summed E-state index contributed by atoms with van der Waals surface area (Å²) in [5.74, 6) is -0.592. The molecule has 2 aromatic carbocycles. The number of esters is 1. The fraction of sp³-hybridized carbons (Fsp3) is 0.300. The standard InChI is InChI=1S/C20H19Cl2NO4/c1-12-9-14-5-3-4-6-17(14)23(12)19(24)11-26-20(25)13(2)27-18-8-7-15(21)10-16(18)22/h3-8,10,12-13H,9,11H2,1-2H3. The van der Waals surface area contributed by atoms with Crippen molar-refractivity contribution in [2.45, 2.75) is 32.4 Å². The van der Waals surface area contributed by atoms with E-state index >= 15 is 0 Å². The van der Waals surface area contributed by atoms with Crippen LogP contribution >= 0.6 is 23.2 Å². The summed E-state index contributed by atoms with van der Waals surface area (Å²) >= 11 is 11.9. The molecule has 2 unspecified atom stereocenters. The number of anilines is 1. The molecule has 1 aliphatic rings. The average molecular weight is 408 g/mol. The number of halogens is 2. The van der Waals surface area contributed by atoms with Crippen molar-refractivity contribution in [3.8, 4) is 5.75 Å². The van der Waals surface area contributed by atoms with Crippen molar-refractivity contribution >= 4 is 40.8 Å². The van der Waals surface area contributed by atoms with Gasteiger partial charge in [0, 0.05) is 16.8 Å². The number of para-hydroxylation sites is 1. The van der Waals surface area contributed by atoms with Gasteiger partial charge in [-0.15, -0.1) is 0 Å². The molecule has 0 aromatic heterocycles. The lowest BCUT2D eigenvalue weighted by atomic mass is 10.1. The highest BCUT2D eigenvalue weighted by atomic mass is 35.5. The number of nitrogens with zero attached hydrogens (tertiary/aromatic N) is 1. The predicted octanol–water partition coefficient (Wildman–Crippen LogP) is 4.28. The first-order valence-electron chi connectivity index (χ1n) is 8.55. The fourth-order valence-electron chi connectivity index (χ4n) is 3.07. The van der Waals surface area contributed by atoms with E-state index in [2.05, 4.69) is 0 Å². The third-order valence-corrected chi connectivity index (χ3v) is 4.87. The Morgan fingerprint density at radius 1 is 1.22 bits per heavy atom. The molecule has 5 nitrogen and oxygen atoms in total. The van der Waals surface area contributed by atoms with Gasteiger partial charge in [-0.25, -0.2) is 4.79 Å². The maximum Gasteiger partial charge on any atom is 0.347 e. The normalized spacial score (nSPS) is 16.6. The van der Waals surface area contributed by atoms with E-state index in [0.717, 1.165) is 17.7 Å². The average Bonchev–Trinajstić information content (AvgIpc) is 2.97. The second-order valence-corrected chi connectivity index (χ2v) is 7.23. The number of benzene rings is 2. The number of fused-ring (bicyclic) bond motifs is 1. The van der Waals surface area contributed by atoms with Gasteiger partial charge in [-0.2, -0.15) is 0 Å². The number of hydrogen-bond donors (Lipinski definition) is 0. The first kappa shape index (κ1) is 19.5. The number of carbonyl (C=O) groups is 2. The van der Waals surface area contributed by atoms with E-state index in [1.165, 1.54) is 13.0 Å². The number of ether oxygens (including phenoxy) is 2. The van der Waals surface area contributed by atoms with E-state index < -0.39 is 12.1 Å². The lowest BCUT2D eigenvalue weighted by molar-refractivity contribution is -0.154. The molecule has 2 atom stereocenters. The molecular weight excluding hydrogens is 389 g/mol. The summed E-state index contributed by atoms with van der Waals surface area (Å²) in [6.07, 6.45) is -0.135. The lowest BCUT2D eigenvalue weighted by Gasteiger charge is -2.23. The SMILES string of the molecule is CC(Oc1ccc(Cl)cc1Cl)C(=O)OCC(=O)N1c2ccccc2CC1C.